The van der Waals surface area contributed by atoms with Gasteiger partial charge in [0.05, 0.1) is 0 Å². The van der Waals surface area contributed by atoms with Crippen LogP contribution in [0.2, 0.25) is 0 Å². The largest absolute Gasteiger partial charge is 0.368 e. The van der Waals surface area contributed by atoms with Gasteiger partial charge >= 0.3 is 0 Å². The minimum Gasteiger partial charge on any atom is -0.368 e. The highest BCUT2D eigenvalue weighted by Gasteiger charge is 2.24. The minimum absolute atomic E-state index is 0.594. The SMILES string of the molecule is CC1CC(C)CC(Nc2cccc3nccn23)C1. The summed E-state index contributed by atoms with van der Waals surface area (Å²) in [6, 6.07) is 6.84. The Morgan fingerprint density at radius 1 is 1.17 bits per heavy atom. The molecule has 0 saturated heterocycles. The monoisotopic (exact) mass is 243 g/mol. The Hall–Kier alpha value is -1.51. The van der Waals surface area contributed by atoms with Crippen molar-refractivity contribution in [1.29, 1.82) is 0 Å². The summed E-state index contributed by atoms with van der Waals surface area (Å²) in [4.78, 5) is 4.33. The Morgan fingerprint density at radius 2 is 1.94 bits per heavy atom. The van der Waals surface area contributed by atoms with Crippen LogP contribution in [-0.2, 0) is 0 Å². The lowest BCUT2D eigenvalue weighted by Crippen LogP contribution is -2.30. The van der Waals surface area contributed by atoms with Crippen molar-refractivity contribution in [2.75, 3.05) is 5.32 Å². The molecule has 2 unspecified atom stereocenters. The van der Waals surface area contributed by atoms with Crippen LogP contribution in [0, 0.1) is 11.8 Å². The molecule has 2 aromatic rings. The average molecular weight is 243 g/mol. The Kier molecular flexibility index (Phi) is 2.98. The predicted octanol–water partition coefficient (Wildman–Crippen LogP) is 3.57. The van der Waals surface area contributed by atoms with E-state index in [1.165, 1.54) is 19.3 Å². The molecule has 3 nitrogen and oxygen atoms in total. The molecule has 0 aliphatic heterocycles. The summed E-state index contributed by atoms with van der Waals surface area (Å²) in [5.41, 5.74) is 1.01. The fraction of sp³-hybridized carbons (Fsp3) is 0.533. The van der Waals surface area contributed by atoms with E-state index in [0.29, 0.717) is 6.04 Å². The van der Waals surface area contributed by atoms with Gasteiger partial charge in [0.25, 0.3) is 0 Å². The number of aromatic nitrogens is 2. The zero-order valence-electron chi connectivity index (χ0n) is 11.1. The van der Waals surface area contributed by atoms with Crippen LogP contribution in [0.4, 0.5) is 5.82 Å². The van der Waals surface area contributed by atoms with Gasteiger partial charge in [-0.3, -0.25) is 4.40 Å². The molecule has 3 rings (SSSR count). The fourth-order valence-corrected chi connectivity index (χ4v) is 3.34. The van der Waals surface area contributed by atoms with E-state index in [0.717, 1.165) is 23.3 Å². The van der Waals surface area contributed by atoms with E-state index in [1.54, 1.807) is 0 Å². The lowest BCUT2D eigenvalue weighted by Gasteiger charge is -2.32. The number of hydrogen-bond acceptors (Lipinski definition) is 2. The Morgan fingerprint density at radius 3 is 2.72 bits per heavy atom. The standard InChI is InChI=1S/C15H21N3/c1-11-8-12(2)10-13(9-11)17-15-5-3-4-14-16-6-7-18(14)15/h3-7,11-13,17H,8-10H2,1-2H3. The van der Waals surface area contributed by atoms with Crippen molar-refractivity contribution in [2.45, 2.75) is 39.2 Å². The average Bonchev–Trinajstić information content (AvgIpc) is 2.76. The summed E-state index contributed by atoms with van der Waals surface area (Å²) in [6.45, 7) is 4.73. The summed E-state index contributed by atoms with van der Waals surface area (Å²) >= 11 is 0. The lowest BCUT2D eigenvalue weighted by molar-refractivity contribution is 0.280. The van der Waals surface area contributed by atoms with Gasteiger partial charge in [0.15, 0.2) is 0 Å². The molecule has 3 heteroatoms. The number of hydrogen-bond donors (Lipinski definition) is 1. The van der Waals surface area contributed by atoms with E-state index >= 15 is 0 Å². The van der Waals surface area contributed by atoms with Gasteiger partial charge in [-0.15, -0.1) is 0 Å². The van der Waals surface area contributed by atoms with Crippen molar-refractivity contribution in [3.05, 3.63) is 30.6 Å². The van der Waals surface area contributed by atoms with E-state index in [-0.39, 0.29) is 0 Å². The van der Waals surface area contributed by atoms with Crippen LogP contribution in [0.5, 0.6) is 0 Å². The number of fused-ring (bicyclic) bond motifs is 1. The summed E-state index contributed by atoms with van der Waals surface area (Å²) in [5, 5.41) is 3.69. The maximum absolute atomic E-state index is 4.33. The van der Waals surface area contributed by atoms with Gasteiger partial charge in [-0.05, 0) is 43.2 Å². The first-order valence-corrected chi connectivity index (χ1v) is 6.91. The third kappa shape index (κ3) is 2.22. The second-order valence-electron chi connectivity index (χ2n) is 5.83. The van der Waals surface area contributed by atoms with Crippen LogP contribution in [0.1, 0.15) is 33.1 Å². The molecule has 2 atom stereocenters. The zero-order valence-corrected chi connectivity index (χ0v) is 11.1. The Balaban J connectivity index is 1.81. The smallest absolute Gasteiger partial charge is 0.138 e. The molecule has 0 amide bonds. The molecule has 0 aromatic carbocycles. The number of anilines is 1. The number of imidazole rings is 1. The minimum atomic E-state index is 0.594. The zero-order chi connectivity index (χ0) is 12.5. The molecular weight excluding hydrogens is 222 g/mol. The van der Waals surface area contributed by atoms with Gasteiger partial charge in [-0.2, -0.15) is 0 Å². The summed E-state index contributed by atoms with van der Waals surface area (Å²) in [6.07, 6.45) is 7.79. The fourth-order valence-electron chi connectivity index (χ4n) is 3.34. The van der Waals surface area contributed by atoms with Gasteiger partial charge in [-0.25, -0.2) is 4.98 Å². The normalized spacial score (nSPS) is 28.4. The second kappa shape index (κ2) is 4.63. The molecule has 0 radical (unpaired) electrons. The summed E-state index contributed by atoms with van der Waals surface area (Å²) in [5.74, 6) is 2.82. The molecule has 1 saturated carbocycles. The van der Waals surface area contributed by atoms with E-state index < -0.39 is 0 Å². The summed E-state index contributed by atoms with van der Waals surface area (Å²) in [7, 11) is 0. The van der Waals surface area contributed by atoms with Crippen molar-refractivity contribution in [2.24, 2.45) is 11.8 Å². The van der Waals surface area contributed by atoms with Gasteiger partial charge in [0.2, 0.25) is 0 Å². The van der Waals surface area contributed by atoms with Gasteiger partial charge < -0.3 is 5.32 Å². The molecule has 2 aromatic heterocycles. The molecule has 1 N–H and O–H groups in total. The highest BCUT2D eigenvalue weighted by molar-refractivity contribution is 5.50. The molecule has 2 heterocycles. The van der Waals surface area contributed by atoms with Crippen LogP contribution in [-0.4, -0.2) is 15.4 Å². The van der Waals surface area contributed by atoms with E-state index in [9.17, 15) is 0 Å². The third-order valence-corrected chi connectivity index (χ3v) is 3.96. The number of pyridine rings is 1. The number of nitrogens with zero attached hydrogens (tertiary/aromatic N) is 2. The second-order valence-corrected chi connectivity index (χ2v) is 5.83. The van der Waals surface area contributed by atoms with Crippen LogP contribution >= 0.6 is 0 Å². The van der Waals surface area contributed by atoms with Crippen LogP contribution in [0.25, 0.3) is 5.65 Å². The number of nitrogens with one attached hydrogen (secondary N) is 1. The molecule has 96 valence electrons. The van der Waals surface area contributed by atoms with E-state index in [4.69, 9.17) is 0 Å². The van der Waals surface area contributed by atoms with Crippen molar-refractivity contribution in [3.63, 3.8) is 0 Å². The first-order chi connectivity index (χ1) is 8.72. The first kappa shape index (κ1) is 11.6. The van der Waals surface area contributed by atoms with E-state index in [2.05, 4.69) is 40.7 Å². The predicted molar refractivity (Wildman–Crippen MR) is 74.8 cm³/mol. The topological polar surface area (TPSA) is 29.3 Å². The molecule has 1 fully saturated rings. The van der Waals surface area contributed by atoms with Crippen LogP contribution < -0.4 is 5.32 Å². The van der Waals surface area contributed by atoms with E-state index in [1.807, 2.05) is 18.5 Å². The lowest BCUT2D eigenvalue weighted by atomic mass is 9.80. The Bertz CT molecular complexity index is 521. The molecular formula is C15H21N3. The van der Waals surface area contributed by atoms with Crippen molar-refractivity contribution >= 4 is 11.5 Å². The first-order valence-electron chi connectivity index (χ1n) is 6.91. The molecule has 0 bridgehead atoms. The maximum atomic E-state index is 4.33. The maximum Gasteiger partial charge on any atom is 0.138 e. The summed E-state index contributed by atoms with van der Waals surface area (Å²) < 4.78 is 2.13. The third-order valence-electron chi connectivity index (χ3n) is 3.96. The molecule has 1 aliphatic carbocycles. The van der Waals surface area contributed by atoms with Gasteiger partial charge in [0, 0.05) is 18.4 Å². The van der Waals surface area contributed by atoms with Crippen molar-refractivity contribution < 1.29 is 0 Å². The molecule has 0 spiro atoms. The Labute approximate surface area is 108 Å². The van der Waals surface area contributed by atoms with Crippen molar-refractivity contribution in [3.8, 4) is 0 Å². The quantitative estimate of drug-likeness (QED) is 0.873. The van der Waals surface area contributed by atoms with Gasteiger partial charge in [-0.1, -0.05) is 19.9 Å². The number of rotatable bonds is 2. The highest BCUT2D eigenvalue weighted by atomic mass is 15.1. The highest BCUT2D eigenvalue weighted by Crippen LogP contribution is 2.30. The van der Waals surface area contributed by atoms with Gasteiger partial charge in [0.1, 0.15) is 11.5 Å². The molecule has 18 heavy (non-hydrogen) atoms. The van der Waals surface area contributed by atoms with Crippen LogP contribution in [0.15, 0.2) is 30.6 Å². The van der Waals surface area contributed by atoms with Crippen LogP contribution in [0.3, 0.4) is 0 Å². The van der Waals surface area contributed by atoms with Crippen molar-refractivity contribution in [1.82, 2.24) is 9.38 Å². The molecule has 1 aliphatic rings.